The minimum absolute atomic E-state index is 0.823. The number of ether oxygens (including phenoxy) is 1. The Hall–Kier alpha value is -2.49. The van der Waals surface area contributed by atoms with Crippen molar-refractivity contribution in [3.8, 4) is 28.1 Å². The fourth-order valence-corrected chi connectivity index (χ4v) is 2.62. The van der Waals surface area contributed by atoms with Gasteiger partial charge in [-0.2, -0.15) is 0 Å². The van der Waals surface area contributed by atoms with Gasteiger partial charge in [-0.25, -0.2) is 0 Å². The summed E-state index contributed by atoms with van der Waals surface area (Å²) >= 11 is 0. The fraction of sp³-hybridized carbons (Fsp3) is 0.235. The van der Waals surface area contributed by atoms with E-state index in [4.69, 9.17) is 9.26 Å². The third-order valence-corrected chi connectivity index (χ3v) is 3.64. The Morgan fingerprint density at radius 1 is 1.10 bits per heavy atom. The van der Waals surface area contributed by atoms with Gasteiger partial charge in [0.2, 0.25) is 0 Å². The lowest BCUT2D eigenvalue weighted by atomic mass is 10.0. The molecule has 0 unspecified atom stereocenters. The number of benzene rings is 1. The zero-order valence-corrected chi connectivity index (χ0v) is 12.7. The van der Waals surface area contributed by atoms with Gasteiger partial charge in [-0.3, -0.25) is 0 Å². The van der Waals surface area contributed by atoms with Crippen molar-refractivity contribution in [3.05, 3.63) is 47.5 Å². The van der Waals surface area contributed by atoms with Crippen LogP contribution in [0.25, 0.3) is 22.4 Å². The quantitative estimate of drug-likeness (QED) is 0.780. The molecule has 1 aromatic carbocycles. The Balaban J connectivity index is 2.15. The van der Waals surface area contributed by atoms with Crippen LogP contribution in [0.15, 0.2) is 34.9 Å². The van der Waals surface area contributed by atoms with Gasteiger partial charge in [0.05, 0.1) is 24.1 Å². The average Bonchev–Trinajstić information content (AvgIpc) is 3.02. The number of hydrogen-bond acceptors (Lipinski definition) is 3. The van der Waals surface area contributed by atoms with Gasteiger partial charge in [0.1, 0.15) is 11.5 Å². The lowest BCUT2D eigenvalue weighted by molar-refractivity contribution is 0.393. The van der Waals surface area contributed by atoms with Crippen molar-refractivity contribution < 1.29 is 9.26 Å². The Kier molecular flexibility index (Phi) is 3.29. The van der Waals surface area contributed by atoms with Crippen molar-refractivity contribution in [3.63, 3.8) is 0 Å². The molecule has 108 valence electrons. The molecule has 0 radical (unpaired) electrons. The van der Waals surface area contributed by atoms with E-state index < -0.39 is 0 Å². The van der Waals surface area contributed by atoms with E-state index in [1.807, 2.05) is 26.0 Å². The number of aryl methyl sites for hydroxylation is 3. The number of methoxy groups -OCH3 is 1. The molecule has 1 N–H and O–H groups in total. The average molecular weight is 282 g/mol. The monoisotopic (exact) mass is 282 g/mol. The molecule has 0 amide bonds. The highest BCUT2D eigenvalue weighted by Gasteiger charge is 2.18. The molecule has 2 aromatic heterocycles. The summed E-state index contributed by atoms with van der Waals surface area (Å²) in [6, 6.07) is 10.2. The molecular formula is C17H18N2O2. The topological polar surface area (TPSA) is 51.0 Å². The van der Waals surface area contributed by atoms with Crippen molar-refractivity contribution in [1.29, 1.82) is 0 Å². The molecule has 0 saturated carbocycles. The number of nitrogens with zero attached hydrogens (tertiary/aromatic N) is 1. The lowest BCUT2D eigenvalue weighted by Gasteiger charge is -2.05. The third kappa shape index (κ3) is 2.33. The van der Waals surface area contributed by atoms with E-state index >= 15 is 0 Å². The van der Waals surface area contributed by atoms with Gasteiger partial charge >= 0.3 is 0 Å². The van der Waals surface area contributed by atoms with E-state index in [-0.39, 0.29) is 0 Å². The van der Waals surface area contributed by atoms with E-state index in [9.17, 15) is 0 Å². The summed E-state index contributed by atoms with van der Waals surface area (Å²) in [5.74, 6) is 1.68. The molecular weight excluding hydrogens is 264 g/mol. The van der Waals surface area contributed by atoms with Crippen LogP contribution in [0, 0.1) is 20.8 Å². The summed E-state index contributed by atoms with van der Waals surface area (Å²) < 4.78 is 10.5. The Morgan fingerprint density at radius 2 is 1.81 bits per heavy atom. The number of rotatable bonds is 3. The lowest BCUT2D eigenvalue weighted by Crippen LogP contribution is -1.87. The van der Waals surface area contributed by atoms with E-state index in [1.54, 1.807) is 7.11 Å². The van der Waals surface area contributed by atoms with Gasteiger partial charge in [0, 0.05) is 11.3 Å². The minimum Gasteiger partial charge on any atom is -0.497 e. The molecule has 3 rings (SSSR count). The van der Waals surface area contributed by atoms with E-state index in [0.29, 0.717) is 0 Å². The SMILES string of the molecule is COc1ccc(-c2cc(C)[nH]c2-c2c(C)noc2C)cc1. The first-order valence-corrected chi connectivity index (χ1v) is 6.87. The highest BCUT2D eigenvalue weighted by atomic mass is 16.5. The summed E-state index contributed by atoms with van der Waals surface area (Å²) in [5.41, 5.74) is 6.36. The van der Waals surface area contributed by atoms with Crippen LogP contribution in [0.3, 0.4) is 0 Å². The second kappa shape index (κ2) is 5.13. The molecule has 4 heteroatoms. The van der Waals surface area contributed by atoms with Crippen LogP contribution in [0.1, 0.15) is 17.1 Å². The van der Waals surface area contributed by atoms with Gasteiger partial charge < -0.3 is 14.2 Å². The van der Waals surface area contributed by atoms with Crippen LogP contribution in [0.5, 0.6) is 5.75 Å². The zero-order chi connectivity index (χ0) is 15.0. The maximum absolute atomic E-state index is 5.30. The molecule has 0 aliphatic rings. The van der Waals surface area contributed by atoms with Crippen molar-refractivity contribution in [2.24, 2.45) is 0 Å². The summed E-state index contributed by atoms with van der Waals surface area (Å²) in [4.78, 5) is 3.42. The van der Waals surface area contributed by atoms with E-state index in [1.165, 1.54) is 0 Å². The normalized spacial score (nSPS) is 10.9. The van der Waals surface area contributed by atoms with Gasteiger partial charge in [-0.05, 0) is 44.5 Å². The van der Waals surface area contributed by atoms with Gasteiger partial charge in [0.15, 0.2) is 0 Å². The first-order chi connectivity index (χ1) is 10.1. The van der Waals surface area contributed by atoms with Crippen LogP contribution < -0.4 is 4.74 Å². The Morgan fingerprint density at radius 3 is 2.38 bits per heavy atom. The minimum atomic E-state index is 0.823. The largest absolute Gasteiger partial charge is 0.497 e. The molecule has 2 heterocycles. The molecule has 3 aromatic rings. The first-order valence-electron chi connectivity index (χ1n) is 6.87. The number of H-pyrrole nitrogens is 1. The highest BCUT2D eigenvalue weighted by Crippen LogP contribution is 2.36. The Labute approximate surface area is 123 Å². The van der Waals surface area contributed by atoms with Gasteiger partial charge in [-0.1, -0.05) is 17.3 Å². The van der Waals surface area contributed by atoms with Crippen molar-refractivity contribution in [2.75, 3.05) is 7.11 Å². The predicted octanol–water partition coefficient (Wildman–Crippen LogP) is 4.27. The molecule has 0 aliphatic heterocycles. The molecule has 0 spiro atoms. The van der Waals surface area contributed by atoms with Crippen LogP contribution in [0.2, 0.25) is 0 Å². The maximum Gasteiger partial charge on any atom is 0.143 e. The molecule has 21 heavy (non-hydrogen) atoms. The number of aromatic nitrogens is 2. The summed E-state index contributed by atoms with van der Waals surface area (Å²) in [7, 11) is 1.67. The van der Waals surface area contributed by atoms with E-state index in [2.05, 4.69) is 35.3 Å². The van der Waals surface area contributed by atoms with Gasteiger partial charge in [-0.15, -0.1) is 0 Å². The molecule has 0 aliphatic carbocycles. The summed E-state index contributed by atoms with van der Waals surface area (Å²) in [6.07, 6.45) is 0. The second-order valence-electron chi connectivity index (χ2n) is 5.17. The number of aromatic amines is 1. The molecule has 0 saturated heterocycles. The fourth-order valence-electron chi connectivity index (χ4n) is 2.62. The highest BCUT2D eigenvalue weighted by molar-refractivity contribution is 5.83. The zero-order valence-electron chi connectivity index (χ0n) is 12.7. The van der Waals surface area contributed by atoms with Crippen molar-refractivity contribution >= 4 is 0 Å². The van der Waals surface area contributed by atoms with Crippen LogP contribution in [-0.2, 0) is 0 Å². The third-order valence-electron chi connectivity index (χ3n) is 3.64. The van der Waals surface area contributed by atoms with Crippen LogP contribution in [0.4, 0.5) is 0 Å². The van der Waals surface area contributed by atoms with Gasteiger partial charge in [0.25, 0.3) is 0 Å². The molecule has 0 atom stereocenters. The van der Waals surface area contributed by atoms with Crippen LogP contribution in [-0.4, -0.2) is 17.3 Å². The number of hydrogen-bond donors (Lipinski definition) is 1. The predicted molar refractivity (Wildman–Crippen MR) is 82.5 cm³/mol. The number of nitrogens with one attached hydrogen (secondary N) is 1. The maximum atomic E-state index is 5.30. The smallest absolute Gasteiger partial charge is 0.143 e. The van der Waals surface area contributed by atoms with Crippen molar-refractivity contribution in [1.82, 2.24) is 10.1 Å². The molecule has 4 nitrogen and oxygen atoms in total. The molecule has 0 bridgehead atoms. The van der Waals surface area contributed by atoms with E-state index in [0.717, 1.165) is 45.3 Å². The summed E-state index contributed by atoms with van der Waals surface area (Å²) in [6.45, 7) is 5.94. The van der Waals surface area contributed by atoms with Crippen LogP contribution >= 0.6 is 0 Å². The van der Waals surface area contributed by atoms with Crippen molar-refractivity contribution in [2.45, 2.75) is 20.8 Å². The second-order valence-corrected chi connectivity index (χ2v) is 5.17. The Bertz CT molecular complexity index is 747. The summed E-state index contributed by atoms with van der Waals surface area (Å²) in [5, 5.41) is 4.05. The standard InChI is InChI=1S/C17H18N2O2/c1-10-9-15(13-5-7-14(20-4)8-6-13)17(18-10)16-11(2)19-21-12(16)3/h5-9,18H,1-4H3. The molecule has 0 fully saturated rings. The first kappa shape index (κ1) is 13.5.